The van der Waals surface area contributed by atoms with E-state index < -0.39 is 12.0 Å². The van der Waals surface area contributed by atoms with Gasteiger partial charge in [0.2, 0.25) is 0 Å². The van der Waals surface area contributed by atoms with Crippen LogP contribution < -0.4 is 10.9 Å². The fraction of sp³-hybridized carbons (Fsp3) is 0.200. The topological polar surface area (TPSA) is 77.6 Å². The van der Waals surface area contributed by atoms with E-state index in [2.05, 4.69) is 20.4 Å². The minimum atomic E-state index is -2.59. The van der Waals surface area contributed by atoms with Gasteiger partial charge in [-0.25, -0.2) is 18.7 Å². The van der Waals surface area contributed by atoms with E-state index in [1.54, 1.807) is 18.2 Å². The molecule has 0 aliphatic rings. The van der Waals surface area contributed by atoms with Crippen molar-refractivity contribution in [2.24, 2.45) is 7.05 Å². The number of imidazole rings is 1. The lowest BCUT2D eigenvalue weighted by atomic mass is 10.0. The fourth-order valence-electron chi connectivity index (χ4n) is 4.02. The lowest BCUT2D eigenvalue weighted by Gasteiger charge is -2.13. The van der Waals surface area contributed by atoms with Gasteiger partial charge in [-0.15, -0.1) is 0 Å². The summed E-state index contributed by atoms with van der Waals surface area (Å²) in [5, 5.41) is 7.73. The highest BCUT2D eigenvalue weighted by molar-refractivity contribution is 5.91. The van der Waals surface area contributed by atoms with Crippen molar-refractivity contribution in [2.45, 2.75) is 20.3 Å². The molecule has 5 rings (SSSR count). The van der Waals surface area contributed by atoms with Crippen molar-refractivity contribution < 1.29 is 8.78 Å². The number of nitrogens with zero attached hydrogens (tertiary/aromatic N) is 5. The predicted molar refractivity (Wildman–Crippen MR) is 129 cm³/mol. The van der Waals surface area contributed by atoms with Crippen molar-refractivity contribution in [2.75, 3.05) is 11.9 Å². The normalized spacial score (nSPS) is 11.6. The molecular formula is C25H22F2N6O. The van der Waals surface area contributed by atoms with Gasteiger partial charge in [0.25, 0.3) is 12.0 Å². The van der Waals surface area contributed by atoms with Crippen LogP contribution in [0.25, 0.3) is 38.9 Å². The summed E-state index contributed by atoms with van der Waals surface area (Å²) in [6, 6.07) is 14.8. The quantitative estimate of drug-likeness (QED) is 0.399. The first-order valence-corrected chi connectivity index (χ1v) is 10.9. The van der Waals surface area contributed by atoms with Gasteiger partial charge in [0.1, 0.15) is 22.7 Å². The molecule has 34 heavy (non-hydrogen) atoms. The molecule has 0 fully saturated rings. The minimum Gasteiger partial charge on any atom is -0.370 e. The van der Waals surface area contributed by atoms with Gasteiger partial charge in [0, 0.05) is 19.2 Å². The number of aryl methyl sites for hydroxylation is 2. The van der Waals surface area contributed by atoms with Crippen LogP contribution in [0, 0.1) is 6.92 Å². The van der Waals surface area contributed by atoms with Crippen molar-refractivity contribution in [1.29, 1.82) is 0 Å². The molecule has 3 aromatic heterocycles. The first-order chi connectivity index (χ1) is 16.4. The molecule has 0 bridgehead atoms. The van der Waals surface area contributed by atoms with Crippen LogP contribution in [0.2, 0.25) is 0 Å². The minimum absolute atomic E-state index is 0.110. The summed E-state index contributed by atoms with van der Waals surface area (Å²) in [7, 11) is 1.91. The number of rotatable bonds is 5. The second-order valence-corrected chi connectivity index (χ2v) is 8.00. The molecule has 0 spiro atoms. The third-order valence-corrected chi connectivity index (χ3v) is 5.87. The maximum atomic E-state index is 13.8. The summed E-state index contributed by atoms with van der Waals surface area (Å²) in [4.78, 5) is 22.9. The highest BCUT2D eigenvalue weighted by Gasteiger charge is 2.18. The Balaban J connectivity index is 1.79. The summed E-state index contributed by atoms with van der Waals surface area (Å²) in [6.07, 6.45) is -2.59. The number of alkyl halides is 2. The molecule has 0 saturated carbocycles. The second-order valence-electron chi connectivity index (χ2n) is 8.00. The van der Waals surface area contributed by atoms with Crippen molar-refractivity contribution in [3.05, 3.63) is 76.3 Å². The van der Waals surface area contributed by atoms with E-state index in [0.717, 1.165) is 16.9 Å². The van der Waals surface area contributed by atoms with Crippen LogP contribution in [0.3, 0.4) is 0 Å². The van der Waals surface area contributed by atoms with Crippen LogP contribution in [-0.4, -0.2) is 30.9 Å². The van der Waals surface area contributed by atoms with Crippen LogP contribution in [0.1, 0.15) is 24.7 Å². The molecule has 3 heterocycles. The number of nitrogens with one attached hydrogen (secondary N) is 1. The Kier molecular flexibility index (Phi) is 5.31. The summed E-state index contributed by atoms with van der Waals surface area (Å²) in [5.41, 5.74) is 3.46. The maximum Gasteiger partial charge on any atom is 0.281 e. The Bertz CT molecular complexity index is 1590. The lowest BCUT2D eigenvalue weighted by Crippen LogP contribution is -2.24. The molecule has 1 N–H and O–H groups in total. The maximum absolute atomic E-state index is 13.8. The zero-order chi connectivity index (χ0) is 24.0. The number of hydrogen-bond donors (Lipinski definition) is 1. The largest absolute Gasteiger partial charge is 0.370 e. The number of pyridine rings is 1. The first-order valence-electron chi connectivity index (χ1n) is 10.9. The van der Waals surface area contributed by atoms with Crippen molar-refractivity contribution >= 4 is 27.9 Å². The third-order valence-electron chi connectivity index (χ3n) is 5.87. The summed E-state index contributed by atoms with van der Waals surface area (Å²) in [6.45, 7) is 4.52. The number of hydrogen-bond acceptors (Lipinski definition) is 5. The van der Waals surface area contributed by atoms with Crippen LogP contribution in [0.5, 0.6) is 0 Å². The van der Waals surface area contributed by atoms with E-state index in [1.165, 1.54) is 28.9 Å². The molecule has 0 aliphatic heterocycles. The fourth-order valence-corrected chi connectivity index (χ4v) is 4.02. The van der Waals surface area contributed by atoms with Gasteiger partial charge < -0.3 is 9.88 Å². The SMILES string of the molecule is CCNc1ccc2nn(-c3ccc4nc(C)n(C)c4c3)c(=O)c(-c3ccc(C(F)F)cc3)c2n1. The number of benzene rings is 2. The highest BCUT2D eigenvalue weighted by Crippen LogP contribution is 2.28. The van der Waals surface area contributed by atoms with Gasteiger partial charge in [0.15, 0.2) is 0 Å². The Morgan fingerprint density at radius 1 is 1.00 bits per heavy atom. The van der Waals surface area contributed by atoms with Crippen molar-refractivity contribution in [3.63, 3.8) is 0 Å². The van der Waals surface area contributed by atoms with E-state index in [1.807, 2.05) is 37.6 Å². The van der Waals surface area contributed by atoms with E-state index in [9.17, 15) is 13.6 Å². The van der Waals surface area contributed by atoms with Crippen LogP contribution in [-0.2, 0) is 7.05 Å². The third kappa shape index (κ3) is 3.59. The van der Waals surface area contributed by atoms with E-state index in [4.69, 9.17) is 0 Å². The standard InChI is InChI=1S/C25H22F2N6O/c1-4-28-21-12-11-19-23(30-21)22(15-5-7-16(8-6-15)24(26)27)25(34)33(31-19)17-9-10-18-20(13-17)32(3)14(2)29-18/h5-13,24H,4H2,1-3H3,(H,28,30). The molecule has 172 valence electrons. The second kappa shape index (κ2) is 8.33. The molecule has 0 aliphatic carbocycles. The van der Waals surface area contributed by atoms with Gasteiger partial charge in [-0.1, -0.05) is 24.3 Å². The lowest BCUT2D eigenvalue weighted by molar-refractivity contribution is 0.151. The van der Waals surface area contributed by atoms with Gasteiger partial charge in [-0.3, -0.25) is 4.79 Å². The molecule has 5 aromatic rings. The van der Waals surface area contributed by atoms with E-state index >= 15 is 0 Å². The monoisotopic (exact) mass is 460 g/mol. The zero-order valence-electron chi connectivity index (χ0n) is 18.9. The number of anilines is 1. The zero-order valence-corrected chi connectivity index (χ0v) is 18.9. The number of fused-ring (bicyclic) bond motifs is 2. The van der Waals surface area contributed by atoms with Crippen molar-refractivity contribution in [3.8, 4) is 16.8 Å². The smallest absolute Gasteiger partial charge is 0.281 e. The molecule has 0 radical (unpaired) electrons. The number of aromatic nitrogens is 5. The molecule has 2 aromatic carbocycles. The highest BCUT2D eigenvalue weighted by atomic mass is 19.3. The number of halogens is 2. The summed E-state index contributed by atoms with van der Waals surface area (Å²) >= 11 is 0. The van der Waals surface area contributed by atoms with E-state index in [0.29, 0.717) is 40.2 Å². The van der Waals surface area contributed by atoms with Gasteiger partial charge in [-0.2, -0.15) is 9.78 Å². The Labute approximate surface area is 193 Å². The molecule has 0 atom stereocenters. The average molecular weight is 460 g/mol. The van der Waals surface area contributed by atoms with E-state index in [-0.39, 0.29) is 5.56 Å². The van der Waals surface area contributed by atoms with Crippen LogP contribution >= 0.6 is 0 Å². The van der Waals surface area contributed by atoms with Gasteiger partial charge in [0.05, 0.1) is 22.3 Å². The average Bonchev–Trinajstić information content (AvgIpc) is 3.12. The Hall–Kier alpha value is -4.14. The molecule has 0 amide bonds. The molecule has 0 unspecified atom stereocenters. The van der Waals surface area contributed by atoms with Gasteiger partial charge in [-0.05, 0) is 49.7 Å². The molecular weight excluding hydrogens is 438 g/mol. The van der Waals surface area contributed by atoms with Crippen LogP contribution in [0.15, 0.2) is 59.4 Å². The molecule has 7 nitrogen and oxygen atoms in total. The summed E-state index contributed by atoms with van der Waals surface area (Å²) in [5.74, 6) is 1.46. The van der Waals surface area contributed by atoms with Crippen LogP contribution in [0.4, 0.5) is 14.6 Å². The first kappa shape index (κ1) is 21.7. The molecule has 0 saturated heterocycles. The Morgan fingerprint density at radius 2 is 1.74 bits per heavy atom. The molecule has 9 heteroatoms. The predicted octanol–water partition coefficient (Wildman–Crippen LogP) is 5.01. The van der Waals surface area contributed by atoms with Gasteiger partial charge >= 0.3 is 0 Å². The van der Waals surface area contributed by atoms with Crippen molar-refractivity contribution in [1.82, 2.24) is 24.3 Å². The Morgan fingerprint density at radius 3 is 2.44 bits per heavy atom. The summed E-state index contributed by atoms with van der Waals surface area (Å²) < 4.78 is 29.5.